The highest BCUT2D eigenvalue weighted by Crippen LogP contribution is 2.68. The van der Waals surface area contributed by atoms with E-state index >= 15 is 0 Å². The fourth-order valence-corrected chi connectivity index (χ4v) is 6.72. The van der Waals surface area contributed by atoms with Gasteiger partial charge in [-0.1, -0.05) is 13.3 Å². The van der Waals surface area contributed by atoms with E-state index in [9.17, 15) is 15.0 Å². The summed E-state index contributed by atoms with van der Waals surface area (Å²) in [4.78, 5) is 13.3. The molecule has 0 amide bonds. The van der Waals surface area contributed by atoms with Gasteiger partial charge >= 0.3 is 5.97 Å². The van der Waals surface area contributed by atoms with Crippen molar-refractivity contribution in [3.05, 3.63) is 24.2 Å². The van der Waals surface area contributed by atoms with Gasteiger partial charge in [-0.25, -0.2) is 0 Å². The summed E-state index contributed by atoms with van der Waals surface area (Å²) in [6.07, 6.45) is 5.30. The lowest BCUT2D eigenvalue weighted by atomic mass is 9.43. The van der Waals surface area contributed by atoms with Crippen molar-refractivity contribution in [2.45, 2.75) is 57.5 Å². The van der Waals surface area contributed by atoms with E-state index in [0.717, 1.165) is 24.8 Å². The molecule has 4 fully saturated rings. The standard InChI is InChI=1S/C20H26O6/c1-11-7-16(21)20-10-25-17(22)13(20)3-2-4-15(20)19(11)8-14(26-18(19)23)12-5-6-24-9-12/h5-6,9,11,13-17,21-22H,2-4,7-8,10H2,1H3/t11-,13+,14+,15-,16-,17+,19-,20+/m1/s1. The van der Waals surface area contributed by atoms with E-state index in [1.807, 2.05) is 6.07 Å². The van der Waals surface area contributed by atoms with E-state index in [-0.39, 0.29) is 29.8 Å². The molecule has 6 nitrogen and oxygen atoms in total. The van der Waals surface area contributed by atoms with E-state index < -0.39 is 23.2 Å². The molecule has 1 aromatic rings. The summed E-state index contributed by atoms with van der Waals surface area (Å²) in [5, 5.41) is 21.5. The number of aliphatic hydroxyl groups excluding tert-OH is 2. The smallest absolute Gasteiger partial charge is 0.313 e. The molecule has 5 rings (SSSR count). The van der Waals surface area contributed by atoms with Gasteiger partial charge in [0.15, 0.2) is 6.29 Å². The minimum atomic E-state index is -0.847. The Morgan fingerprint density at radius 3 is 2.88 bits per heavy atom. The molecule has 2 saturated heterocycles. The second kappa shape index (κ2) is 5.57. The van der Waals surface area contributed by atoms with Gasteiger partial charge < -0.3 is 24.1 Å². The average Bonchev–Trinajstić information content (AvgIpc) is 3.33. The Hall–Kier alpha value is -1.37. The summed E-state index contributed by atoms with van der Waals surface area (Å²) in [5.74, 6) is -0.279. The van der Waals surface area contributed by atoms with Crippen molar-refractivity contribution < 1.29 is 28.9 Å². The lowest BCUT2D eigenvalue weighted by molar-refractivity contribution is -0.194. The third-order valence-corrected chi connectivity index (χ3v) is 7.96. The third kappa shape index (κ3) is 1.90. The van der Waals surface area contributed by atoms with Gasteiger partial charge in [-0.2, -0.15) is 0 Å². The lowest BCUT2D eigenvalue weighted by Gasteiger charge is -2.59. The summed E-state index contributed by atoms with van der Waals surface area (Å²) >= 11 is 0. The Bertz CT molecular complexity index is 701. The average molecular weight is 362 g/mol. The van der Waals surface area contributed by atoms with E-state index in [2.05, 4.69) is 6.92 Å². The van der Waals surface area contributed by atoms with Crippen LogP contribution in [0.4, 0.5) is 0 Å². The highest BCUT2D eigenvalue weighted by atomic mass is 16.6. The second-order valence-electron chi connectivity index (χ2n) is 8.75. The summed E-state index contributed by atoms with van der Waals surface area (Å²) < 4.78 is 16.7. The molecule has 1 aromatic heterocycles. The molecule has 8 atom stereocenters. The highest BCUT2D eigenvalue weighted by molar-refractivity contribution is 5.80. The van der Waals surface area contributed by atoms with Crippen LogP contribution < -0.4 is 0 Å². The molecule has 2 aliphatic carbocycles. The van der Waals surface area contributed by atoms with Gasteiger partial charge in [-0.15, -0.1) is 0 Å². The van der Waals surface area contributed by atoms with Gasteiger partial charge in [-0.05, 0) is 37.2 Å². The Balaban J connectivity index is 1.59. The van der Waals surface area contributed by atoms with Gasteiger partial charge in [0, 0.05) is 23.3 Å². The summed E-state index contributed by atoms with van der Waals surface area (Å²) in [5.41, 5.74) is -0.292. The van der Waals surface area contributed by atoms with Crippen molar-refractivity contribution in [1.82, 2.24) is 0 Å². The number of hydrogen-bond donors (Lipinski definition) is 2. The maximum Gasteiger partial charge on any atom is 0.313 e. The van der Waals surface area contributed by atoms with Crippen molar-refractivity contribution in [3.63, 3.8) is 0 Å². The Kier molecular flexibility index (Phi) is 3.59. The number of esters is 1. The zero-order chi connectivity index (χ0) is 18.1. The van der Waals surface area contributed by atoms with E-state index in [0.29, 0.717) is 19.4 Å². The van der Waals surface area contributed by atoms with E-state index in [1.54, 1.807) is 12.5 Å². The topological polar surface area (TPSA) is 89.1 Å². The van der Waals surface area contributed by atoms with Gasteiger partial charge in [0.2, 0.25) is 0 Å². The van der Waals surface area contributed by atoms with E-state index in [1.165, 1.54) is 0 Å². The van der Waals surface area contributed by atoms with Gasteiger partial charge in [-0.3, -0.25) is 4.79 Å². The summed E-state index contributed by atoms with van der Waals surface area (Å²) in [6, 6.07) is 1.85. The van der Waals surface area contributed by atoms with Crippen LogP contribution in [0.25, 0.3) is 0 Å². The number of ether oxygens (including phenoxy) is 2. The van der Waals surface area contributed by atoms with Crippen molar-refractivity contribution >= 4 is 5.97 Å². The Morgan fingerprint density at radius 1 is 1.27 bits per heavy atom. The van der Waals surface area contributed by atoms with Crippen LogP contribution in [0, 0.1) is 28.6 Å². The second-order valence-corrected chi connectivity index (χ2v) is 8.75. The Morgan fingerprint density at radius 2 is 2.12 bits per heavy atom. The normalized spacial score (nSPS) is 50.5. The molecule has 2 spiro atoms. The molecule has 2 aliphatic heterocycles. The van der Waals surface area contributed by atoms with Gasteiger partial charge in [0.25, 0.3) is 0 Å². The molecule has 0 unspecified atom stereocenters. The summed E-state index contributed by atoms with van der Waals surface area (Å²) in [7, 11) is 0. The largest absolute Gasteiger partial charge is 0.472 e. The predicted octanol–water partition coefficient (Wildman–Crippen LogP) is 2.41. The Labute approximate surface area is 152 Å². The van der Waals surface area contributed by atoms with Crippen LogP contribution in [0.5, 0.6) is 0 Å². The number of furan rings is 1. The lowest BCUT2D eigenvalue weighted by Crippen LogP contribution is -2.63. The van der Waals surface area contributed by atoms with E-state index in [4.69, 9.17) is 13.9 Å². The maximum atomic E-state index is 13.3. The van der Waals surface area contributed by atoms with Crippen LogP contribution in [0.2, 0.25) is 0 Å². The molecular formula is C20H26O6. The molecule has 2 N–H and O–H groups in total. The number of hydrogen-bond acceptors (Lipinski definition) is 6. The molecular weight excluding hydrogens is 336 g/mol. The van der Waals surface area contributed by atoms with Gasteiger partial charge in [0.05, 0.1) is 30.7 Å². The fourth-order valence-electron chi connectivity index (χ4n) is 6.72. The number of carbonyl (C=O) groups is 1. The van der Waals surface area contributed by atoms with Crippen LogP contribution in [-0.2, 0) is 14.3 Å². The van der Waals surface area contributed by atoms with Crippen LogP contribution in [0.3, 0.4) is 0 Å². The highest BCUT2D eigenvalue weighted by Gasteiger charge is 2.72. The third-order valence-electron chi connectivity index (χ3n) is 7.96. The SMILES string of the molecule is C[C@@H]1C[C@@H](O)[C@@]23CO[C@H](O)[C@@H]2CCC[C@@H]3[C@@]12C[C@@H](c1ccoc1)OC2=O. The van der Waals surface area contributed by atoms with Crippen molar-refractivity contribution in [1.29, 1.82) is 0 Å². The zero-order valence-corrected chi connectivity index (χ0v) is 15.0. The van der Waals surface area contributed by atoms with Crippen molar-refractivity contribution in [2.24, 2.45) is 28.6 Å². The molecule has 3 heterocycles. The monoisotopic (exact) mass is 362 g/mol. The summed E-state index contributed by atoms with van der Waals surface area (Å²) in [6.45, 7) is 2.38. The minimum Gasteiger partial charge on any atom is -0.472 e. The van der Waals surface area contributed by atoms with Crippen LogP contribution in [0.1, 0.15) is 50.7 Å². The minimum absolute atomic E-state index is 0.0222. The molecule has 4 aliphatic rings. The van der Waals surface area contributed by atoms with Crippen molar-refractivity contribution in [3.8, 4) is 0 Å². The zero-order valence-electron chi connectivity index (χ0n) is 15.0. The quantitative estimate of drug-likeness (QED) is 0.746. The molecule has 0 bridgehead atoms. The number of cyclic esters (lactones) is 1. The molecule has 142 valence electrons. The molecule has 2 saturated carbocycles. The predicted molar refractivity (Wildman–Crippen MR) is 89.6 cm³/mol. The number of rotatable bonds is 1. The van der Waals surface area contributed by atoms with Gasteiger partial charge in [0.1, 0.15) is 6.10 Å². The van der Waals surface area contributed by atoms with Crippen LogP contribution in [-0.4, -0.2) is 35.2 Å². The number of carbonyl (C=O) groups excluding carboxylic acids is 1. The molecule has 0 radical (unpaired) electrons. The maximum absolute atomic E-state index is 13.3. The first-order chi connectivity index (χ1) is 12.5. The van der Waals surface area contributed by atoms with Crippen LogP contribution in [0.15, 0.2) is 23.0 Å². The number of fused-ring (bicyclic) bond motifs is 1. The fraction of sp³-hybridized carbons (Fsp3) is 0.750. The molecule has 0 aromatic carbocycles. The first kappa shape index (κ1) is 16.8. The first-order valence-corrected chi connectivity index (χ1v) is 9.71. The first-order valence-electron chi connectivity index (χ1n) is 9.71. The number of aliphatic hydroxyl groups is 2. The molecule has 26 heavy (non-hydrogen) atoms. The molecule has 6 heteroatoms. The van der Waals surface area contributed by atoms with Crippen molar-refractivity contribution in [2.75, 3.05) is 6.61 Å². The van der Waals surface area contributed by atoms with Crippen LogP contribution >= 0.6 is 0 Å².